The summed E-state index contributed by atoms with van der Waals surface area (Å²) in [7, 11) is 1.91. The number of amides is 2. The molecule has 40 heavy (non-hydrogen) atoms. The number of hydroxylamine groups is 2. The summed E-state index contributed by atoms with van der Waals surface area (Å²) in [4.78, 5) is 31.6. The van der Waals surface area contributed by atoms with Gasteiger partial charge in [0.05, 0.1) is 11.6 Å². The number of nitrogens with zero attached hydrogens (tertiary/aromatic N) is 2. The Hall–Kier alpha value is -4.16. The second-order valence-corrected chi connectivity index (χ2v) is 10.1. The third-order valence-corrected chi connectivity index (χ3v) is 6.55. The van der Waals surface area contributed by atoms with Gasteiger partial charge in [0, 0.05) is 42.0 Å². The number of carbonyl (C=O) groups is 2. The smallest absolute Gasteiger partial charge is 0.416 e. The minimum Gasteiger partial charge on any atom is -0.457 e. The molecule has 0 bridgehead atoms. The molecule has 212 valence electrons. The number of alkyl halides is 3. The Balaban J connectivity index is 0.000000195. The van der Waals surface area contributed by atoms with Crippen molar-refractivity contribution in [3.63, 3.8) is 0 Å². The van der Waals surface area contributed by atoms with E-state index in [0.717, 1.165) is 40.5 Å². The number of nitrogens with one attached hydrogen (secondary N) is 2. The van der Waals surface area contributed by atoms with Crippen LogP contribution in [0.15, 0.2) is 48.7 Å². The molecule has 12 heteroatoms. The van der Waals surface area contributed by atoms with Gasteiger partial charge < -0.3 is 25.9 Å². The molecule has 0 aliphatic carbocycles. The van der Waals surface area contributed by atoms with Crippen molar-refractivity contribution in [3.8, 4) is 17.2 Å². The minimum atomic E-state index is -4.47. The zero-order chi connectivity index (χ0) is 29.2. The molecular formula is C28H30F3N5O4. The first-order valence-corrected chi connectivity index (χ1v) is 12.5. The molecule has 0 fully saturated rings. The molecule has 0 radical (unpaired) electrons. The Labute approximate surface area is 229 Å². The Morgan fingerprint density at radius 2 is 1.88 bits per heavy atom. The van der Waals surface area contributed by atoms with Gasteiger partial charge in [0.15, 0.2) is 5.75 Å². The van der Waals surface area contributed by atoms with Crippen molar-refractivity contribution in [2.45, 2.75) is 51.4 Å². The molecule has 2 amide bonds. The number of halogens is 3. The van der Waals surface area contributed by atoms with Gasteiger partial charge in [-0.1, -0.05) is 0 Å². The van der Waals surface area contributed by atoms with Crippen LogP contribution in [0.3, 0.4) is 0 Å². The Bertz CT molecular complexity index is 1390. The van der Waals surface area contributed by atoms with Crippen molar-refractivity contribution in [2.75, 3.05) is 17.7 Å². The number of carbonyl (C=O) groups excluding carboxylic acids is 2. The van der Waals surface area contributed by atoms with Gasteiger partial charge in [0.2, 0.25) is 12.3 Å². The summed E-state index contributed by atoms with van der Waals surface area (Å²) in [5, 5.41) is 6.80. The lowest BCUT2D eigenvalue weighted by atomic mass is 9.93. The van der Waals surface area contributed by atoms with E-state index in [9.17, 15) is 22.8 Å². The molecule has 0 saturated carbocycles. The molecule has 3 heterocycles. The predicted octanol–water partition coefficient (Wildman–Crippen LogP) is 5.53. The summed E-state index contributed by atoms with van der Waals surface area (Å²) in [6.45, 7) is 5.26. The number of hydrogen-bond donors (Lipinski definition) is 3. The van der Waals surface area contributed by atoms with E-state index in [4.69, 9.17) is 15.3 Å². The number of fused-ring (bicyclic) bond motifs is 2. The van der Waals surface area contributed by atoms with Crippen molar-refractivity contribution in [1.29, 1.82) is 0 Å². The van der Waals surface area contributed by atoms with Crippen LogP contribution in [0.5, 0.6) is 17.2 Å². The molecular weight excluding hydrogens is 527 g/mol. The number of nitrogens with two attached hydrogens (primary N) is 1. The number of rotatable bonds is 5. The zero-order valence-corrected chi connectivity index (χ0v) is 22.4. The van der Waals surface area contributed by atoms with Crippen molar-refractivity contribution in [3.05, 3.63) is 70.9 Å². The molecule has 1 atom stereocenters. The van der Waals surface area contributed by atoms with Gasteiger partial charge in [-0.3, -0.25) is 9.59 Å². The topological polar surface area (TPSA) is 119 Å². The van der Waals surface area contributed by atoms with Crippen molar-refractivity contribution >= 4 is 23.8 Å². The van der Waals surface area contributed by atoms with Crippen molar-refractivity contribution in [2.24, 2.45) is 5.73 Å². The summed E-state index contributed by atoms with van der Waals surface area (Å²) in [5.74, 6) is 2.93. The third kappa shape index (κ3) is 6.52. The molecule has 9 nitrogen and oxygen atoms in total. The average Bonchev–Trinajstić information content (AvgIpc) is 3.16. The maximum atomic E-state index is 12.6. The van der Waals surface area contributed by atoms with Crippen LogP contribution in [-0.2, 0) is 27.7 Å². The van der Waals surface area contributed by atoms with E-state index in [-0.39, 0.29) is 17.6 Å². The van der Waals surface area contributed by atoms with Gasteiger partial charge in [-0.15, -0.1) is 5.06 Å². The first-order valence-electron chi connectivity index (χ1n) is 12.5. The quantitative estimate of drug-likeness (QED) is 0.353. The molecule has 5 rings (SSSR count). The Morgan fingerprint density at radius 1 is 1.15 bits per heavy atom. The van der Waals surface area contributed by atoms with E-state index in [1.165, 1.54) is 6.07 Å². The van der Waals surface area contributed by atoms with Crippen LogP contribution in [0.25, 0.3) is 0 Å². The molecule has 0 saturated heterocycles. The van der Waals surface area contributed by atoms with Crippen molar-refractivity contribution in [1.82, 2.24) is 10.0 Å². The van der Waals surface area contributed by atoms with E-state index >= 15 is 0 Å². The maximum Gasteiger partial charge on any atom is 0.416 e. The molecule has 1 unspecified atom stereocenters. The summed E-state index contributed by atoms with van der Waals surface area (Å²) < 4.78 is 43.9. The van der Waals surface area contributed by atoms with Crippen LogP contribution < -0.4 is 25.9 Å². The number of benzene rings is 2. The van der Waals surface area contributed by atoms with Crippen LogP contribution >= 0.6 is 0 Å². The Kier molecular flexibility index (Phi) is 8.03. The van der Waals surface area contributed by atoms with Crippen LogP contribution in [0.4, 0.5) is 24.7 Å². The van der Waals surface area contributed by atoms with Gasteiger partial charge >= 0.3 is 6.18 Å². The van der Waals surface area contributed by atoms with Crippen LogP contribution in [0.2, 0.25) is 0 Å². The normalized spacial score (nSPS) is 16.5. The maximum absolute atomic E-state index is 12.6. The zero-order valence-electron chi connectivity index (χ0n) is 22.4. The number of aromatic nitrogens is 1. The highest BCUT2D eigenvalue weighted by atomic mass is 19.4. The minimum absolute atomic E-state index is 0.00584. The third-order valence-electron chi connectivity index (χ3n) is 6.55. The molecule has 2 aliphatic heterocycles. The SMILES string of the molecule is CC(C)(N)c1cc(NC=O)cc(C(F)(F)F)c1.CC1c2cc(Oc3ccnc4c3CCC(=O)N4)ccc2ON1C. The number of ether oxygens (including phenoxy) is 1. The summed E-state index contributed by atoms with van der Waals surface area (Å²) in [6, 6.07) is 11.1. The first-order chi connectivity index (χ1) is 18.8. The Morgan fingerprint density at radius 3 is 2.55 bits per heavy atom. The van der Waals surface area contributed by atoms with Gasteiger partial charge in [0.1, 0.15) is 17.3 Å². The lowest BCUT2D eigenvalue weighted by Crippen LogP contribution is -2.29. The van der Waals surface area contributed by atoms with Gasteiger partial charge in [-0.05, 0) is 75.2 Å². The first kappa shape index (κ1) is 28.8. The lowest BCUT2D eigenvalue weighted by molar-refractivity contribution is -0.137. The number of pyridine rings is 1. The molecule has 0 spiro atoms. The molecule has 4 N–H and O–H groups in total. The molecule has 1 aromatic heterocycles. The number of anilines is 2. The van der Waals surface area contributed by atoms with E-state index in [2.05, 4.69) is 22.5 Å². The van der Waals surface area contributed by atoms with Crippen LogP contribution in [0.1, 0.15) is 55.5 Å². The van der Waals surface area contributed by atoms with E-state index < -0.39 is 17.3 Å². The van der Waals surface area contributed by atoms with Gasteiger partial charge in [0.25, 0.3) is 0 Å². The molecule has 2 aliphatic rings. The average molecular weight is 558 g/mol. The number of hydrogen-bond acceptors (Lipinski definition) is 7. The highest BCUT2D eigenvalue weighted by molar-refractivity contribution is 5.93. The predicted molar refractivity (Wildman–Crippen MR) is 143 cm³/mol. The fraction of sp³-hybridized carbons (Fsp3) is 0.321. The molecule has 2 aromatic carbocycles. The largest absolute Gasteiger partial charge is 0.457 e. The summed E-state index contributed by atoms with van der Waals surface area (Å²) in [6.07, 6.45) is -1.41. The van der Waals surface area contributed by atoms with Gasteiger partial charge in [-0.2, -0.15) is 13.2 Å². The van der Waals surface area contributed by atoms with E-state index in [1.807, 2.05) is 36.4 Å². The highest BCUT2D eigenvalue weighted by Crippen LogP contribution is 2.40. The highest BCUT2D eigenvalue weighted by Gasteiger charge is 2.32. The standard InChI is InChI=1S/C17H17N3O3.C11H13F3N2O/c1-10-13-9-11(3-5-15(13)23-20(10)2)22-14-7-8-18-17-12(14)4-6-16(21)19-17;1-10(2,15)7-3-8(11(12,13)14)5-9(4-7)16-6-17/h3,5,7-10H,4,6H2,1-2H3,(H,18,19,21);3-6H,15H2,1-2H3,(H,16,17). The van der Waals surface area contributed by atoms with Crippen LogP contribution in [-0.4, -0.2) is 29.4 Å². The fourth-order valence-electron chi connectivity index (χ4n) is 4.22. The molecule has 3 aromatic rings. The summed E-state index contributed by atoms with van der Waals surface area (Å²) >= 11 is 0. The van der Waals surface area contributed by atoms with E-state index in [0.29, 0.717) is 30.6 Å². The second-order valence-electron chi connectivity index (χ2n) is 10.1. The monoisotopic (exact) mass is 557 g/mol. The van der Waals surface area contributed by atoms with Crippen molar-refractivity contribution < 1.29 is 32.3 Å². The second kappa shape index (κ2) is 11.1. The van der Waals surface area contributed by atoms with Gasteiger partial charge in [-0.25, -0.2) is 4.98 Å². The van der Waals surface area contributed by atoms with Crippen LogP contribution in [0, 0.1) is 0 Å². The fourth-order valence-corrected chi connectivity index (χ4v) is 4.22. The van der Waals surface area contributed by atoms with E-state index in [1.54, 1.807) is 20.0 Å². The lowest BCUT2D eigenvalue weighted by Gasteiger charge is -2.21. The summed E-state index contributed by atoms with van der Waals surface area (Å²) in [5.41, 5.74) is 6.41.